The molecule has 1 fully saturated rings. The zero-order chi connectivity index (χ0) is 13.1. The summed E-state index contributed by atoms with van der Waals surface area (Å²) in [4.78, 5) is 22.2. The number of esters is 1. The SMILES string of the molecule is COC(=O)C1CCCN1c1nc(C)cc(OC)n1. The van der Waals surface area contributed by atoms with E-state index in [0.29, 0.717) is 11.8 Å². The van der Waals surface area contributed by atoms with Crippen LogP contribution < -0.4 is 9.64 Å². The fraction of sp³-hybridized carbons (Fsp3) is 0.583. The Bertz CT molecular complexity index is 450. The average molecular weight is 251 g/mol. The Hall–Kier alpha value is -1.85. The first-order valence-electron chi connectivity index (χ1n) is 5.90. The van der Waals surface area contributed by atoms with E-state index >= 15 is 0 Å². The second kappa shape index (κ2) is 5.20. The summed E-state index contributed by atoms with van der Waals surface area (Å²) < 4.78 is 9.93. The van der Waals surface area contributed by atoms with Gasteiger partial charge in [-0.15, -0.1) is 0 Å². The standard InChI is InChI=1S/C12H17N3O3/c1-8-7-10(17-2)14-12(13-8)15-6-4-5-9(15)11(16)18-3/h7,9H,4-6H2,1-3H3. The second-order valence-electron chi connectivity index (χ2n) is 4.23. The molecule has 18 heavy (non-hydrogen) atoms. The van der Waals surface area contributed by atoms with Gasteiger partial charge in [-0.05, 0) is 19.8 Å². The summed E-state index contributed by atoms with van der Waals surface area (Å²) in [7, 11) is 2.96. The maximum atomic E-state index is 11.7. The van der Waals surface area contributed by atoms with Crippen molar-refractivity contribution in [2.45, 2.75) is 25.8 Å². The molecule has 1 aromatic heterocycles. The van der Waals surface area contributed by atoms with Crippen LogP contribution in [-0.2, 0) is 9.53 Å². The number of hydrogen-bond donors (Lipinski definition) is 0. The molecule has 0 amide bonds. The van der Waals surface area contributed by atoms with Crippen molar-refractivity contribution >= 4 is 11.9 Å². The topological polar surface area (TPSA) is 64.5 Å². The minimum Gasteiger partial charge on any atom is -0.481 e. The van der Waals surface area contributed by atoms with Crippen LogP contribution >= 0.6 is 0 Å². The van der Waals surface area contributed by atoms with Crippen LogP contribution in [0.2, 0.25) is 0 Å². The number of aryl methyl sites for hydroxylation is 1. The predicted molar refractivity (Wildman–Crippen MR) is 65.7 cm³/mol. The molecular formula is C12H17N3O3. The van der Waals surface area contributed by atoms with E-state index in [9.17, 15) is 4.79 Å². The van der Waals surface area contributed by atoms with E-state index in [1.807, 2.05) is 11.8 Å². The lowest BCUT2D eigenvalue weighted by Crippen LogP contribution is -2.38. The number of anilines is 1. The van der Waals surface area contributed by atoms with Crippen molar-refractivity contribution in [1.82, 2.24) is 9.97 Å². The highest BCUT2D eigenvalue weighted by Gasteiger charge is 2.33. The largest absolute Gasteiger partial charge is 0.481 e. The van der Waals surface area contributed by atoms with Crippen molar-refractivity contribution in [2.75, 3.05) is 25.7 Å². The molecular weight excluding hydrogens is 234 g/mol. The zero-order valence-corrected chi connectivity index (χ0v) is 10.8. The molecule has 98 valence electrons. The normalized spacial score (nSPS) is 18.8. The number of rotatable bonds is 3. The molecule has 0 N–H and O–H groups in total. The van der Waals surface area contributed by atoms with Gasteiger partial charge in [0.05, 0.1) is 14.2 Å². The summed E-state index contributed by atoms with van der Waals surface area (Å²) >= 11 is 0. The predicted octanol–water partition coefficient (Wildman–Crippen LogP) is 0.935. The van der Waals surface area contributed by atoms with E-state index in [2.05, 4.69) is 9.97 Å². The number of carbonyl (C=O) groups is 1. The van der Waals surface area contributed by atoms with Crippen LogP contribution in [0.4, 0.5) is 5.95 Å². The zero-order valence-electron chi connectivity index (χ0n) is 10.8. The first kappa shape index (κ1) is 12.6. The van der Waals surface area contributed by atoms with Crippen LogP contribution in [0.5, 0.6) is 5.88 Å². The molecule has 1 aliphatic heterocycles. The summed E-state index contributed by atoms with van der Waals surface area (Å²) in [5.74, 6) is 0.796. The number of methoxy groups -OCH3 is 2. The Morgan fingerprint density at radius 3 is 2.89 bits per heavy atom. The smallest absolute Gasteiger partial charge is 0.328 e. The van der Waals surface area contributed by atoms with Crippen LogP contribution in [0.15, 0.2) is 6.07 Å². The second-order valence-corrected chi connectivity index (χ2v) is 4.23. The van der Waals surface area contributed by atoms with Gasteiger partial charge in [-0.2, -0.15) is 4.98 Å². The lowest BCUT2D eigenvalue weighted by molar-refractivity contribution is -0.141. The summed E-state index contributed by atoms with van der Waals surface area (Å²) in [6.07, 6.45) is 1.70. The molecule has 6 nitrogen and oxygen atoms in total. The first-order chi connectivity index (χ1) is 8.65. The molecule has 6 heteroatoms. The van der Waals surface area contributed by atoms with Gasteiger partial charge in [0.25, 0.3) is 0 Å². The van der Waals surface area contributed by atoms with Gasteiger partial charge in [-0.25, -0.2) is 9.78 Å². The monoisotopic (exact) mass is 251 g/mol. The Kier molecular flexibility index (Phi) is 3.64. The first-order valence-corrected chi connectivity index (χ1v) is 5.90. The summed E-state index contributed by atoms with van der Waals surface area (Å²) in [6.45, 7) is 2.63. The number of aromatic nitrogens is 2. The van der Waals surface area contributed by atoms with Gasteiger partial charge in [0.2, 0.25) is 11.8 Å². The van der Waals surface area contributed by atoms with Crippen molar-refractivity contribution in [1.29, 1.82) is 0 Å². The molecule has 0 aliphatic carbocycles. The molecule has 0 aromatic carbocycles. The van der Waals surface area contributed by atoms with Crippen molar-refractivity contribution in [3.05, 3.63) is 11.8 Å². The molecule has 1 aliphatic rings. The maximum Gasteiger partial charge on any atom is 0.328 e. The molecule has 1 aromatic rings. The maximum absolute atomic E-state index is 11.7. The van der Waals surface area contributed by atoms with Crippen molar-refractivity contribution in [3.8, 4) is 5.88 Å². The van der Waals surface area contributed by atoms with Gasteiger partial charge in [0.15, 0.2) is 0 Å². The highest BCUT2D eigenvalue weighted by atomic mass is 16.5. The van der Waals surface area contributed by atoms with E-state index in [0.717, 1.165) is 25.1 Å². The van der Waals surface area contributed by atoms with Gasteiger partial charge in [0, 0.05) is 18.3 Å². The van der Waals surface area contributed by atoms with Gasteiger partial charge in [0.1, 0.15) is 6.04 Å². The van der Waals surface area contributed by atoms with Crippen molar-refractivity contribution in [3.63, 3.8) is 0 Å². The quantitative estimate of drug-likeness (QED) is 0.745. The molecule has 2 rings (SSSR count). The molecule has 0 radical (unpaired) electrons. The third-order valence-electron chi connectivity index (χ3n) is 3.01. The van der Waals surface area contributed by atoms with Gasteiger partial charge >= 0.3 is 5.97 Å². The molecule has 0 saturated carbocycles. The van der Waals surface area contributed by atoms with Crippen molar-refractivity contribution < 1.29 is 14.3 Å². The lowest BCUT2D eigenvalue weighted by Gasteiger charge is -2.22. The van der Waals surface area contributed by atoms with E-state index < -0.39 is 0 Å². The molecule has 1 unspecified atom stereocenters. The lowest BCUT2D eigenvalue weighted by atomic mass is 10.2. The Balaban J connectivity index is 2.29. The summed E-state index contributed by atoms with van der Waals surface area (Å²) in [5.41, 5.74) is 0.812. The van der Waals surface area contributed by atoms with Crippen molar-refractivity contribution in [2.24, 2.45) is 0 Å². The summed E-state index contributed by atoms with van der Waals surface area (Å²) in [6, 6.07) is 1.47. The fourth-order valence-corrected chi connectivity index (χ4v) is 2.14. The van der Waals surface area contributed by atoms with Crippen LogP contribution in [0.1, 0.15) is 18.5 Å². The highest BCUT2D eigenvalue weighted by Crippen LogP contribution is 2.25. The Labute approximate surface area is 106 Å². The number of ether oxygens (including phenoxy) is 2. The van der Waals surface area contributed by atoms with E-state index in [4.69, 9.17) is 9.47 Å². The minimum atomic E-state index is -0.290. The third kappa shape index (κ3) is 2.37. The van der Waals surface area contributed by atoms with Gasteiger partial charge in [-0.1, -0.05) is 0 Å². The highest BCUT2D eigenvalue weighted by molar-refractivity contribution is 5.79. The number of hydrogen-bond acceptors (Lipinski definition) is 6. The van der Waals surface area contributed by atoms with Crippen LogP contribution in [0, 0.1) is 6.92 Å². The van der Waals surface area contributed by atoms with E-state index in [1.54, 1.807) is 13.2 Å². The summed E-state index contributed by atoms with van der Waals surface area (Å²) in [5, 5.41) is 0. The molecule has 1 atom stereocenters. The molecule has 0 bridgehead atoms. The van der Waals surface area contributed by atoms with E-state index in [1.165, 1.54) is 7.11 Å². The molecule has 0 spiro atoms. The molecule has 1 saturated heterocycles. The third-order valence-corrected chi connectivity index (χ3v) is 3.01. The number of carbonyl (C=O) groups excluding carboxylic acids is 1. The van der Waals surface area contributed by atoms with Gasteiger partial charge in [-0.3, -0.25) is 0 Å². The van der Waals surface area contributed by atoms with Crippen LogP contribution in [-0.4, -0.2) is 42.7 Å². The Morgan fingerprint density at radius 1 is 1.44 bits per heavy atom. The average Bonchev–Trinajstić information content (AvgIpc) is 2.86. The van der Waals surface area contributed by atoms with Crippen LogP contribution in [0.3, 0.4) is 0 Å². The fourth-order valence-electron chi connectivity index (χ4n) is 2.14. The van der Waals surface area contributed by atoms with Crippen LogP contribution in [0.25, 0.3) is 0 Å². The minimum absolute atomic E-state index is 0.239. The van der Waals surface area contributed by atoms with E-state index in [-0.39, 0.29) is 12.0 Å². The van der Waals surface area contributed by atoms with Gasteiger partial charge < -0.3 is 14.4 Å². The molecule has 2 heterocycles. The number of nitrogens with zero attached hydrogens (tertiary/aromatic N) is 3. The Morgan fingerprint density at radius 2 is 2.22 bits per heavy atom.